The summed E-state index contributed by atoms with van der Waals surface area (Å²) < 4.78 is 1.02. The molecular weight excluding hydrogens is 336 g/mol. The molecule has 106 valence electrons. The number of nitrogens with zero attached hydrogens (tertiary/aromatic N) is 4. The molecule has 2 aromatic heterocycles. The second-order valence-electron chi connectivity index (χ2n) is 4.93. The van der Waals surface area contributed by atoms with Crippen LogP contribution in [0, 0.1) is 6.92 Å². The third-order valence-electron chi connectivity index (χ3n) is 3.41. The molecule has 1 aliphatic heterocycles. The van der Waals surface area contributed by atoms with Gasteiger partial charge in [0.2, 0.25) is 0 Å². The molecule has 4 nitrogen and oxygen atoms in total. The first kappa shape index (κ1) is 13.8. The van der Waals surface area contributed by atoms with E-state index < -0.39 is 0 Å². The van der Waals surface area contributed by atoms with Crippen LogP contribution in [0.3, 0.4) is 0 Å². The highest BCUT2D eigenvalue weighted by atomic mass is 79.9. The zero-order chi connectivity index (χ0) is 13.9. The van der Waals surface area contributed by atoms with Gasteiger partial charge < -0.3 is 9.80 Å². The van der Waals surface area contributed by atoms with E-state index in [1.54, 1.807) is 11.3 Å². The second-order valence-corrected chi connectivity index (χ2v) is 6.69. The molecular formula is C14H17BrN4S. The predicted octanol–water partition coefficient (Wildman–Crippen LogP) is 3.33. The summed E-state index contributed by atoms with van der Waals surface area (Å²) in [6.45, 7) is 6.17. The molecule has 0 spiro atoms. The van der Waals surface area contributed by atoms with Gasteiger partial charge in [-0.05, 0) is 41.4 Å². The SMILES string of the molecule is Cc1csc(N2CCCN(c3ccc(Br)cn3)CC2)n1. The Morgan fingerprint density at radius 1 is 1.15 bits per heavy atom. The van der Waals surface area contributed by atoms with Crippen molar-refractivity contribution in [2.24, 2.45) is 0 Å². The molecule has 1 aliphatic rings. The Kier molecular flexibility index (Phi) is 4.21. The number of anilines is 2. The average molecular weight is 353 g/mol. The number of pyridine rings is 1. The van der Waals surface area contributed by atoms with Crippen LogP contribution in [0.5, 0.6) is 0 Å². The van der Waals surface area contributed by atoms with Crippen molar-refractivity contribution in [3.63, 3.8) is 0 Å². The number of aromatic nitrogens is 2. The molecule has 0 atom stereocenters. The smallest absolute Gasteiger partial charge is 0.185 e. The van der Waals surface area contributed by atoms with Gasteiger partial charge in [-0.1, -0.05) is 0 Å². The summed E-state index contributed by atoms with van der Waals surface area (Å²) in [5.74, 6) is 1.06. The van der Waals surface area contributed by atoms with Gasteiger partial charge in [-0.2, -0.15) is 0 Å². The minimum atomic E-state index is 0.993. The molecule has 0 bridgehead atoms. The van der Waals surface area contributed by atoms with E-state index >= 15 is 0 Å². The molecule has 0 amide bonds. The van der Waals surface area contributed by atoms with Gasteiger partial charge in [0.05, 0.1) is 5.69 Å². The van der Waals surface area contributed by atoms with Crippen molar-refractivity contribution >= 4 is 38.2 Å². The lowest BCUT2D eigenvalue weighted by molar-refractivity contribution is 0.796. The molecule has 2 aromatic rings. The van der Waals surface area contributed by atoms with Crippen LogP contribution in [0.25, 0.3) is 0 Å². The lowest BCUT2D eigenvalue weighted by atomic mass is 10.3. The maximum absolute atomic E-state index is 4.59. The number of halogens is 1. The average Bonchev–Trinajstić information content (AvgIpc) is 2.74. The van der Waals surface area contributed by atoms with Crippen LogP contribution < -0.4 is 9.80 Å². The van der Waals surface area contributed by atoms with Crippen molar-refractivity contribution in [1.29, 1.82) is 0 Å². The van der Waals surface area contributed by atoms with Crippen LogP contribution in [0.4, 0.5) is 10.9 Å². The number of rotatable bonds is 2. The summed E-state index contributed by atoms with van der Waals surface area (Å²) in [6.07, 6.45) is 3.00. The van der Waals surface area contributed by atoms with E-state index in [1.165, 1.54) is 0 Å². The number of hydrogen-bond acceptors (Lipinski definition) is 5. The Morgan fingerprint density at radius 2 is 1.95 bits per heavy atom. The van der Waals surface area contributed by atoms with Gasteiger partial charge >= 0.3 is 0 Å². The van der Waals surface area contributed by atoms with Gasteiger partial charge in [0.15, 0.2) is 5.13 Å². The maximum Gasteiger partial charge on any atom is 0.185 e. The van der Waals surface area contributed by atoms with Crippen molar-refractivity contribution in [3.8, 4) is 0 Å². The van der Waals surface area contributed by atoms with Crippen LogP contribution in [-0.2, 0) is 0 Å². The summed E-state index contributed by atoms with van der Waals surface area (Å²) in [7, 11) is 0. The van der Waals surface area contributed by atoms with E-state index in [4.69, 9.17) is 0 Å². The van der Waals surface area contributed by atoms with E-state index in [1.807, 2.05) is 6.20 Å². The minimum absolute atomic E-state index is 0.993. The van der Waals surface area contributed by atoms with Gasteiger partial charge in [0.25, 0.3) is 0 Å². The van der Waals surface area contributed by atoms with E-state index in [0.717, 1.165) is 53.7 Å². The molecule has 0 aromatic carbocycles. The minimum Gasteiger partial charge on any atom is -0.355 e. The van der Waals surface area contributed by atoms with Gasteiger partial charge in [0.1, 0.15) is 5.82 Å². The molecule has 1 fully saturated rings. The second kappa shape index (κ2) is 6.10. The molecule has 20 heavy (non-hydrogen) atoms. The Hall–Kier alpha value is -1.14. The van der Waals surface area contributed by atoms with Crippen LogP contribution in [0.2, 0.25) is 0 Å². The first-order chi connectivity index (χ1) is 9.72. The summed E-state index contributed by atoms with van der Waals surface area (Å²) >= 11 is 5.17. The fourth-order valence-electron chi connectivity index (χ4n) is 2.38. The third kappa shape index (κ3) is 3.12. The van der Waals surface area contributed by atoms with Gasteiger partial charge in [-0.25, -0.2) is 9.97 Å². The zero-order valence-electron chi connectivity index (χ0n) is 11.4. The first-order valence-corrected chi connectivity index (χ1v) is 8.43. The fraction of sp³-hybridized carbons (Fsp3) is 0.429. The lowest BCUT2D eigenvalue weighted by Gasteiger charge is -2.22. The molecule has 0 N–H and O–H groups in total. The molecule has 0 saturated carbocycles. The highest BCUT2D eigenvalue weighted by molar-refractivity contribution is 9.10. The number of hydrogen-bond donors (Lipinski definition) is 0. The monoisotopic (exact) mass is 352 g/mol. The van der Waals surface area contributed by atoms with Gasteiger partial charge in [-0.3, -0.25) is 0 Å². The largest absolute Gasteiger partial charge is 0.355 e. The Morgan fingerprint density at radius 3 is 2.65 bits per heavy atom. The van der Waals surface area contributed by atoms with E-state index in [9.17, 15) is 0 Å². The zero-order valence-corrected chi connectivity index (χ0v) is 13.8. The van der Waals surface area contributed by atoms with Crippen molar-refractivity contribution in [1.82, 2.24) is 9.97 Å². The Bertz CT molecular complexity index is 569. The van der Waals surface area contributed by atoms with Crippen molar-refractivity contribution in [3.05, 3.63) is 33.9 Å². The highest BCUT2D eigenvalue weighted by Gasteiger charge is 2.17. The van der Waals surface area contributed by atoms with Gasteiger partial charge in [0, 0.05) is 42.2 Å². The Labute approximate surface area is 131 Å². The van der Waals surface area contributed by atoms with Crippen molar-refractivity contribution < 1.29 is 0 Å². The molecule has 0 aliphatic carbocycles. The van der Waals surface area contributed by atoms with E-state index in [-0.39, 0.29) is 0 Å². The molecule has 3 rings (SSSR count). The predicted molar refractivity (Wildman–Crippen MR) is 87.8 cm³/mol. The van der Waals surface area contributed by atoms with Crippen molar-refractivity contribution in [2.45, 2.75) is 13.3 Å². The Balaban J connectivity index is 1.69. The summed E-state index contributed by atoms with van der Waals surface area (Å²) in [5, 5.41) is 3.27. The molecule has 0 radical (unpaired) electrons. The van der Waals surface area contributed by atoms with E-state index in [0.29, 0.717) is 0 Å². The van der Waals surface area contributed by atoms with Crippen molar-refractivity contribution in [2.75, 3.05) is 36.0 Å². The van der Waals surface area contributed by atoms with E-state index in [2.05, 4.69) is 60.1 Å². The lowest BCUT2D eigenvalue weighted by Crippen LogP contribution is -2.31. The van der Waals surface area contributed by atoms with Crippen LogP contribution in [0.15, 0.2) is 28.2 Å². The number of thiazole rings is 1. The van der Waals surface area contributed by atoms with Crippen LogP contribution >= 0.6 is 27.3 Å². The first-order valence-electron chi connectivity index (χ1n) is 6.76. The van der Waals surface area contributed by atoms with Gasteiger partial charge in [-0.15, -0.1) is 11.3 Å². The topological polar surface area (TPSA) is 32.3 Å². The third-order valence-corrected chi connectivity index (χ3v) is 4.90. The molecule has 6 heteroatoms. The standard InChI is InChI=1S/C14H17BrN4S/c1-11-10-20-14(17-11)19-6-2-5-18(7-8-19)13-4-3-12(15)9-16-13/h3-4,9-10H,2,5-8H2,1H3. The summed E-state index contributed by atoms with van der Waals surface area (Å²) in [4.78, 5) is 13.8. The maximum atomic E-state index is 4.59. The molecule has 1 saturated heterocycles. The normalized spacial score (nSPS) is 16.3. The molecule has 3 heterocycles. The van der Waals surface area contributed by atoms with Crippen LogP contribution in [0.1, 0.15) is 12.1 Å². The highest BCUT2D eigenvalue weighted by Crippen LogP contribution is 2.23. The quantitative estimate of drug-likeness (QED) is 0.829. The summed E-state index contributed by atoms with van der Waals surface area (Å²) in [5.41, 5.74) is 1.11. The fourth-order valence-corrected chi connectivity index (χ4v) is 3.47. The van der Waals surface area contributed by atoms with Crippen LogP contribution in [-0.4, -0.2) is 36.1 Å². The summed E-state index contributed by atoms with van der Waals surface area (Å²) in [6, 6.07) is 4.13. The number of aryl methyl sites for hydroxylation is 1. The molecule has 0 unspecified atom stereocenters.